The highest BCUT2D eigenvalue weighted by atomic mass is 32.2. The number of sulfone groups is 1. The summed E-state index contributed by atoms with van der Waals surface area (Å²) < 4.78 is 82.6. The van der Waals surface area contributed by atoms with E-state index in [0.29, 0.717) is 5.69 Å². The molecule has 0 atom stereocenters. The van der Waals surface area contributed by atoms with Crippen LogP contribution in [0.15, 0.2) is 29.2 Å². The predicted molar refractivity (Wildman–Crippen MR) is 68.0 cm³/mol. The molecule has 0 radical (unpaired) electrons. The van der Waals surface area contributed by atoms with Gasteiger partial charge in [0.1, 0.15) is 0 Å². The molecule has 1 rings (SSSR count). The summed E-state index contributed by atoms with van der Waals surface area (Å²) in [4.78, 5) is -0.500. The highest BCUT2D eigenvalue weighted by Crippen LogP contribution is 2.23. The van der Waals surface area contributed by atoms with Crippen LogP contribution in [0.5, 0.6) is 0 Å². The maximum atomic E-state index is 12.3. The van der Waals surface area contributed by atoms with E-state index in [0.717, 1.165) is 12.1 Å². The van der Waals surface area contributed by atoms with Crippen LogP contribution in [0, 0.1) is 0 Å². The van der Waals surface area contributed by atoms with E-state index in [9.17, 15) is 30.4 Å². The SMILES string of the molecule is O=S(=O)(c1ccc(NCCCCC(F)(F)F)cc1)C(F)F. The minimum Gasteiger partial charge on any atom is -0.385 e. The second-order valence-corrected chi connectivity index (χ2v) is 6.25. The second kappa shape index (κ2) is 7.06. The lowest BCUT2D eigenvalue weighted by Gasteiger charge is -2.09. The summed E-state index contributed by atoms with van der Waals surface area (Å²) >= 11 is 0. The Balaban J connectivity index is 2.46. The van der Waals surface area contributed by atoms with Crippen molar-refractivity contribution in [2.45, 2.75) is 36.1 Å². The highest BCUT2D eigenvalue weighted by Gasteiger charge is 2.26. The smallest absolute Gasteiger partial charge is 0.385 e. The lowest BCUT2D eigenvalue weighted by molar-refractivity contribution is -0.135. The van der Waals surface area contributed by atoms with Gasteiger partial charge in [0.15, 0.2) is 0 Å². The summed E-state index contributed by atoms with van der Waals surface area (Å²) in [5.74, 6) is -3.49. The Morgan fingerprint density at radius 2 is 1.62 bits per heavy atom. The summed E-state index contributed by atoms with van der Waals surface area (Å²) in [6.45, 7) is 0.275. The Labute approximate surface area is 119 Å². The normalized spacial score (nSPS) is 12.7. The molecule has 21 heavy (non-hydrogen) atoms. The predicted octanol–water partition coefficient (Wildman–Crippen LogP) is 3.83. The molecule has 0 unspecified atom stereocenters. The molecule has 0 saturated carbocycles. The van der Waals surface area contributed by atoms with Gasteiger partial charge in [0.05, 0.1) is 4.90 Å². The van der Waals surface area contributed by atoms with Crippen molar-refractivity contribution >= 4 is 15.5 Å². The molecule has 0 fully saturated rings. The first kappa shape index (κ1) is 17.7. The van der Waals surface area contributed by atoms with Crippen LogP contribution in [0.2, 0.25) is 0 Å². The molecule has 0 aliphatic carbocycles. The van der Waals surface area contributed by atoms with Crippen LogP contribution >= 0.6 is 0 Å². The molecular weight excluding hydrogens is 317 g/mol. The molecule has 120 valence electrons. The third kappa shape index (κ3) is 5.86. The average Bonchev–Trinajstić information content (AvgIpc) is 2.37. The van der Waals surface area contributed by atoms with Crippen LogP contribution in [0.4, 0.5) is 27.6 Å². The molecule has 1 aromatic carbocycles. The van der Waals surface area contributed by atoms with Gasteiger partial charge < -0.3 is 5.32 Å². The summed E-state index contributed by atoms with van der Waals surface area (Å²) in [5.41, 5.74) is 0.454. The van der Waals surface area contributed by atoms with Crippen LogP contribution in [0.3, 0.4) is 0 Å². The van der Waals surface area contributed by atoms with E-state index in [1.165, 1.54) is 12.1 Å². The molecule has 0 saturated heterocycles. The molecule has 1 N–H and O–H groups in total. The molecule has 0 aromatic heterocycles. The lowest BCUT2D eigenvalue weighted by Crippen LogP contribution is -2.11. The first-order chi connectivity index (χ1) is 9.63. The molecule has 1 aromatic rings. The zero-order chi connectivity index (χ0) is 16.1. The van der Waals surface area contributed by atoms with Gasteiger partial charge in [-0.05, 0) is 37.1 Å². The third-order valence-corrected chi connectivity index (χ3v) is 4.03. The molecule has 0 aliphatic heterocycles. The zero-order valence-electron chi connectivity index (χ0n) is 10.8. The molecule has 3 nitrogen and oxygen atoms in total. The molecule has 0 heterocycles. The van der Waals surface area contributed by atoms with Gasteiger partial charge in [-0.25, -0.2) is 8.42 Å². The van der Waals surface area contributed by atoms with Crippen molar-refractivity contribution in [1.29, 1.82) is 0 Å². The minimum atomic E-state index is -4.63. The third-order valence-electron chi connectivity index (χ3n) is 2.63. The Morgan fingerprint density at radius 3 is 2.10 bits per heavy atom. The van der Waals surface area contributed by atoms with Crippen molar-refractivity contribution in [1.82, 2.24) is 0 Å². The van der Waals surface area contributed by atoms with E-state index in [4.69, 9.17) is 0 Å². The van der Waals surface area contributed by atoms with Crippen LogP contribution in [-0.4, -0.2) is 26.9 Å². The van der Waals surface area contributed by atoms with Crippen molar-refractivity contribution in [3.63, 3.8) is 0 Å². The Bertz CT molecular complexity index is 540. The molecule has 0 amide bonds. The van der Waals surface area contributed by atoms with E-state index in [-0.39, 0.29) is 19.4 Å². The molecule has 9 heteroatoms. The van der Waals surface area contributed by atoms with E-state index in [1.807, 2.05) is 0 Å². The number of halogens is 5. The summed E-state index contributed by atoms with van der Waals surface area (Å²) in [6, 6.07) is 4.64. The number of rotatable bonds is 7. The number of benzene rings is 1. The molecule has 0 bridgehead atoms. The number of hydrogen-bond acceptors (Lipinski definition) is 3. The Morgan fingerprint density at radius 1 is 1.05 bits per heavy atom. The Hall–Kier alpha value is -1.38. The standard InChI is InChI=1S/C12H14F5NO2S/c13-11(14)21(19,20)10-5-3-9(4-6-10)18-8-2-1-7-12(15,16)17/h3-6,11,18H,1-2,7-8H2. The van der Waals surface area contributed by atoms with Gasteiger partial charge in [0, 0.05) is 18.7 Å². The summed E-state index contributed by atoms with van der Waals surface area (Å²) in [6.07, 6.45) is -4.77. The van der Waals surface area contributed by atoms with Gasteiger partial charge in [-0.1, -0.05) is 0 Å². The van der Waals surface area contributed by atoms with Crippen molar-refractivity contribution in [3.8, 4) is 0 Å². The lowest BCUT2D eigenvalue weighted by atomic mass is 10.2. The highest BCUT2D eigenvalue weighted by molar-refractivity contribution is 7.91. The van der Waals surface area contributed by atoms with Crippen LogP contribution in [0.1, 0.15) is 19.3 Å². The number of anilines is 1. The van der Waals surface area contributed by atoms with Crippen LogP contribution in [0.25, 0.3) is 0 Å². The zero-order valence-corrected chi connectivity index (χ0v) is 11.6. The van der Waals surface area contributed by atoms with Crippen molar-refractivity contribution in [2.24, 2.45) is 0 Å². The van der Waals surface area contributed by atoms with Gasteiger partial charge in [0.2, 0.25) is 9.84 Å². The minimum absolute atomic E-state index is 0.0195. The fraction of sp³-hybridized carbons (Fsp3) is 0.500. The fourth-order valence-electron chi connectivity index (χ4n) is 1.55. The molecular formula is C12H14F5NO2S. The number of unbranched alkanes of at least 4 members (excludes halogenated alkanes) is 1. The van der Waals surface area contributed by atoms with E-state index in [1.54, 1.807) is 0 Å². The van der Waals surface area contributed by atoms with Gasteiger partial charge in [-0.2, -0.15) is 22.0 Å². The maximum Gasteiger partial charge on any atom is 0.389 e. The number of alkyl halides is 5. The van der Waals surface area contributed by atoms with Crippen molar-refractivity contribution in [3.05, 3.63) is 24.3 Å². The number of nitrogens with one attached hydrogen (secondary N) is 1. The van der Waals surface area contributed by atoms with Gasteiger partial charge in [-0.15, -0.1) is 0 Å². The largest absolute Gasteiger partial charge is 0.389 e. The molecule has 0 spiro atoms. The topological polar surface area (TPSA) is 46.2 Å². The first-order valence-electron chi connectivity index (χ1n) is 6.06. The van der Waals surface area contributed by atoms with E-state index >= 15 is 0 Å². The van der Waals surface area contributed by atoms with Crippen molar-refractivity contribution < 1.29 is 30.4 Å². The summed E-state index contributed by atoms with van der Waals surface area (Å²) in [5, 5.41) is 2.79. The van der Waals surface area contributed by atoms with Crippen LogP contribution in [-0.2, 0) is 9.84 Å². The van der Waals surface area contributed by atoms with E-state index < -0.39 is 33.1 Å². The van der Waals surface area contributed by atoms with Gasteiger partial charge in [0.25, 0.3) is 0 Å². The number of hydrogen-bond donors (Lipinski definition) is 1. The van der Waals surface area contributed by atoms with Crippen molar-refractivity contribution in [2.75, 3.05) is 11.9 Å². The average molecular weight is 331 g/mol. The van der Waals surface area contributed by atoms with Crippen LogP contribution < -0.4 is 5.32 Å². The second-order valence-electron chi connectivity index (χ2n) is 4.33. The maximum absolute atomic E-state index is 12.3. The monoisotopic (exact) mass is 331 g/mol. The quantitative estimate of drug-likeness (QED) is 0.610. The Kier molecular flexibility index (Phi) is 5.94. The van der Waals surface area contributed by atoms with E-state index in [2.05, 4.69) is 5.32 Å². The fourth-order valence-corrected chi connectivity index (χ4v) is 2.27. The van der Waals surface area contributed by atoms with Gasteiger partial charge >= 0.3 is 11.9 Å². The first-order valence-corrected chi connectivity index (χ1v) is 7.60. The summed E-state index contributed by atoms with van der Waals surface area (Å²) in [7, 11) is -4.63. The van der Waals surface area contributed by atoms with Gasteiger partial charge in [-0.3, -0.25) is 0 Å². The molecule has 0 aliphatic rings.